The van der Waals surface area contributed by atoms with Gasteiger partial charge in [-0.05, 0) is 18.2 Å². The van der Waals surface area contributed by atoms with Gasteiger partial charge >= 0.3 is 0 Å². The first kappa shape index (κ1) is 17.3. The summed E-state index contributed by atoms with van der Waals surface area (Å²) < 4.78 is 12.0. The number of hydrogen-bond acceptors (Lipinski definition) is 2. The molecule has 1 unspecified atom stereocenters. The first-order chi connectivity index (χ1) is 13.8. The van der Waals surface area contributed by atoms with Crippen LogP contribution in [0.4, 0.5) is 0 Å². The molecule has 142 valence electrons. The quantitative estimate of drug-likeness (QED) is 0.564. The van der Waals surface area contributed by atoms with Gasteiger partial charge in [0.15, 0.2) is 0 Å². The van der Waals surface area contributed by atoms with Gasteiger partial charge in [-0.2, -0.15) is 0 Å². The predicted molar refractivity (Wildman–Crippen MR) is 112 cm³/mol. The minimum atomic E-state index is 0.130. The number of fused-ring (bicyclic) bond motifs is 3. The van der Waals surface area contributed by atoms with Crippen molar-refractivity contribution in [2.75, 3.05) is 26.3 Å². The summed E-state index contributed by atoms with van der Waals surface area (Å²) in [5.41, 5.74) is 3.65. The Balaban J connectivity index is 1.23. The van der Waals surface area contributed by atoms with Crippen LogP contribution in [0.15, 0.2) is 72.8 Å². The average molecular weight is 373 g/mol. The van der Waals surface area contributed by atoms with Crippen LogP contribution in [0.25, 0.3) is 21.8 Å². The minimum Gasteiger partial charge on any atom is -0.491 e. The highest BCUT2D eigenvalue weighted by Crippen LogP contribution is 2.28. The topological polar surface area (TPSA) is 38.7 Å². The smallest absolute Gasteiger partial charge is 0.140 e. The van der Waals surface area contributed by atoms with Crippen molar-refractivity contribution in [3.05, 3.63) is 78.4 Å². The van der Waals surface area contributed by atoms with Crippen LogP contribution in [0, 0.1) is 0 Å². The fourth-order valence-corrected chi connectivity index (χ4v) is 4.12. The molecule has 0 amide bonds. The highest BCUT2D eigenvalue weighted by atomic mass is 16.5. The summed E-state index contributed by atoms with van der Waals surface area (Å²) in [6.45, 7) is 4.44. The molecule has 3 aromatic carbocycles. The Morgan fingerprint density at radius 3 is 2.68 bits per heavy atom. The molecule has 1 aromatic heterocycles. The summed E-state index contributed by atoms with van der Waals surface area (Å²) >= 11 is 0. The van der Waals surface area contributed by atoms with Gasteiger partial charge in [-0.3, -0.25) is 0 Å². The van der Waals surface area contributed by atoms with Gasteiger partial charge in [0.05, 0.1) is 12.1 Å². The van der Waals surface area contributed by atoms with Gasteiger partial charge in [-0.25, -0.2) is 0 Å². The molecule has 1 aliphatic heterocycles. The monoisotopic (exact) mass is 373 g/mol. The Hall–Kier alpha value is -2.82. The lowest BCUT2D eigenvalue weighted by molar-refractivity contribution is -0.925. The second-order valence-corrected chi connectivity index (χ2v) is 7.55. The first-order valence-corrected chi connectivity index (χ1v) is 9.97. The maximum absolute atomic E-state index is 6.09. The highest BCUT2D eigenvalue weighted by molar-refractivity contribution is 6.07. The van der Waals surface area contributed by atoms with E-state index in [1.54, 1.807) is 4.90 Å². The number of H-pyrrole nitrogens is 1. The van der Waals surface area contributed by atoms with Crippen LogP contribution in [0.1, 0.15) is 5.56 Å². The molecule has 0 radical (unpaired) electrons. The predicted octanol–water partition coefficient (Wildman–Crippen LogP) is 3.18. The molecule has 28 heavy (non-hydrogen) atoms. The zero-order valence-electron chi connectivity index (χ0n) is 15.9. The minimum absolute atomic E-state index is 0.130. The van der Waals surface area contributed by atoms with Gasteiger partial charge < -0.3 is 19.4 Å². The zero-order valence-corrected chi connectivity index (χ0v) is 15.9. The highest BCUT2D eigenvalue weighted by Gasteiger charge is 2.24. The van der Waals surface area contributed by atoms with Crippen molar-refractivity contribution in [3.8, 4) is 5.75 Å². The molecular formula is C24H25N2O2+. The van der Waals surface area contributed by atoms with Gasteiger partial charge in [0.1, 0.15) is 38.1 Å². The van der Waals surface area contributed by atoms with Crippen LogP contribution < -0.4 is 9.64 Å². The second-order valence-electron chi connectivity index (χ2n) is 7.55. The molecular weight excluding hydrogens is 348 g/mol. The Labute approximate surface area is 164 Å². The molecule has 0 bridgehead atoms. The molecule has 5 rings (SSSR count). The van der Waals surface area contributed by atoms with Gasteiger partial charge in [0.2, 0.25) is 0 Å². The lowest BCUT2D eigenvalue weighted by atomic mass is 10.1. The van der Waals surface area contributed by atoms with E-state index in [1.165, 1.54) is 16.3 Å². The lowest BCUT2D eigenvalue weighted by Gasteiger charge is -2.30. The number of hydrogen-bond donors (Lipinski definition) is 2. The van der Waals surface area contributed by atoms with E-state index in [0.29, 0.717) is 6.61 Å². The van der Waals surface area contributed by atoms with Crippen LogP contribution in [0.2, 0.25) is 0 Å². The maximum Gasteiger partial charge on any atom is 0.140 e. The van der Waals surface area contributed by atoms with Crippen LogP contribution >= 0.6 is 0 Å². The van der Waals surface area contributed by atoms with Crippen LogP contribution in [0.5, 0.6) is 5.75 Å². The summed E-state index contributed by atoms with van der Waals surface area (Å²) in [6.07, 6.45) is 0.130. The largest absolute Gasteiger partial charge is 0.491 e. The fraction of sp³-hybridized carbons (Fsp3) is 0.250. The van der Waals surface area contributed by atoms with E-state index in [9.17, 15) is 0 Å². The molecule has 1 aliphatic rings. The van der Waals surface area contributed by atoms with Crippen molar-refractivity contribution >= 4 is 21.8 Å². The Morgan fingerprint density at radius 1 is 0.929 bits per heavy atom. The number of ether oxygens (including phenoxy) is 2. The van der Waals surface area contributed by atoms with E-state index >= 15 is 0 Å². The molecule has 1 saturated heterocycles. The summed E-state index contributed by atoms with van der Waals surface area (Å²) in [5.74, 6) is 0.887. The summed E-state index contributed by atoms with van der Waals surface area (Å²) in [4.78, 5) is 5.03. The average Bonchev–Trinajstić information content (AvgIpc) is 3.11. The number of para-hydroxylation sites is 1. The van der Waals surface area contributed by atoms with Gasteiger partial charge in [0, 0.05) is 27.9 Å². The third-order valence-corrected chi connectivity index (χ3v) is 5.54. The normalized spacial score (nSPS) is 19.9. The van der Waals surface area contributed by atoms with E-state index in [0.717, 1.165) is 43.0 Å². The molecule has 2 atom stereocenters. The second kappa shape index (κ2) is 7.66. The van der Waals surface area contributed by atoms with E-state index in [-0.39, 0.29) is 6.10 Å². The Bertz CT molecular complexity index is 1070. The molecule has 1 fully saturated rings. The Morgan fingerprint density at radius 2 is 1.75 bits per heavy atom. The fourth-order valence-electron chi connectivity index (χ4n) is 4.12. The summed E-state index contributed by atoms with van der Waals surface area (Å²) in [6, 6.07) is 25.3. The molecule has 2 N–H and O–H groups in total. The standard InChI is InChI=1S/C24H24N2O2/c1-2-6-18(7-3-1)15-26-12-13-27-20(16-26)17-28-19-10-11-22-21-8-4-5-9-23(21)25-24(22)14-19/h1-11,14,20,25H,12-13,15-17H2/p+1/t20-/m1/s1. The van der Waals surface area contributed by atoms with Crippen LogP contribution in [-0.2, 0) is 11.3 Å². The summed E-state index contributed by atoms with van der Waals surface area (Å²) in [5, 5.41) is 2.48. The van der Waals surface area contributed by atoms with Crippen molar-refractivity contribution < 1.29 is 14.4 Å². The van der Waals surface area contributed by atoms with E-state index in [1.807, 2.05) is 0 Å². The Kier molecular flexibility index (Phi) is 4.73. The van der Waals surface area contributed by atoms with E-state index in [4.69, 9.17) is 9.47 Å². The number of aromatic amines is 1. The molecule has 0 saturated carbocycles. The van der Waals surface area contributed by atoms with Crippen molar-refractivity contribution in [2.24, 2.45) is 0 Å². The number of benzene rings is 3. The zero-order chi connectivity index (χ0) is 18.8. The summed E-state index contributed by atoms with van der Waals surface area (Å²) in [7, 11) is 0. The SMILES string of the molecule is c1ccc(C[NH+]2CCO[C@@H](COc3ccc4c(c3)[nH]c3ccccc34)C2)cc1. The molecule has 4 aromatic rings. The third kappa shape index (κ3) is 3.61. The van der Waals surface area contributed by atoms with Gasteiger partial charge in [0.25, 0.3) is 0 Å². The van der Waals surface area contributed by atoms with Gasteiger partial charge in [-0.1, -0.05) is 48.5 Å². The van der Waals surface area contributed by atoms with E-state index < -0.39 is 0 Å². The van der Waals surface area contributed by atoms with Crippen molar-refractivity contribution in [1.82, 2.24) is 4.98 Å². The lowest BCUT2D eigenvalue weighted by Crippen LogP contribution is -3.13. The third-order valence-electron chi connectivity index (χ3n) is 5.54. The molecule has 0 spiro atoms. The van der Waals surface area contributed by atoms with Crippen molar-refractivity contribution in [2.45, 2.75) is 12.6 Å². The van der Waals surface area contributed by atoms with Crippen LogP contribution in [-0.4, -0.2) is 37.4 Å². The number of morpholine rings is 1. The molecule has 2 heterocycles. The van der Waals surface area contributed by atoms with Crippen LogP contribution in [0.3, 0.4) is 0 Å². The number of quaternary nitrogens is 1. The maximum atomic E-state index is 6.09. The first-order valence-electron chi connectivity index (χ1n) is 9.97. The molecule has 4 heteroatoms. The number of rotatable bonds is 5. The molecule has 4 nitrogen and oxygen atoms in total. The van der Waals surface area contributed by atoms with Crippen molar-refractivity contribution in [1.29, 1.82) is 0 Å². The van der Waals surface area contributed by atoms with E-state index in [2.05, 4.69) is 77.8 Å². The number of nitrogens with one attached hydrogen (secondary N) is 2. The van der Waals surface area contributed by atoms with Crippen molar-refractivity contribution in [3.63, 3.8) is 0 Å². The van der Waals surface area contributed by atoms with Gasteiger partial charge in [-0.15, -0.1) is 0 Å². The molecule has 0 aliphatic carbocycles. The number of aromatic nitrogens is 1.